The highest BCUT2D eigenvalue weighted by Crippen LogP contribution is 2.32. The maximum Gasteiger partial charge on any atom is 0.222 e. The van der Waals surface area contributed by atoms with Gasteiger partial charge in [0.2, 0.25) is 5.91 Å². The first kappa shape index (κ1) is 22.8. The smallest absolute Gasteiger partial charge is 0.222 e. The van der Waals surface area contributed by atoms with Gasteiger partial charge in [-0.3, -0.25) is 9.36 Å². The average Bonchev–Trinajstić information content (AvgIpc) is 3.26. The lowest BCUT2D eigenvalue weighted by atomic mass is 10.2. The summed E-state index contributed by atoms with van der Waals surface area (Å²) in [6.07, 6.45) is 1.37. The quantitative estimate of drug-likeness (QED) is 0.356. The number of likely N-dealkylation sites (N-methyl/N-ethyl adjacent to an activating group) is 1. The fourth-order valence-corrected chi connectivity index (χ4v) is 4.96. The van der Waals surface area contributed by atoms with Crippen molar-refractivity contribution in [2.24, 2.45) is 0 Å². The molecule has 0 saturated carbocycles. The molecule has 6 nitrogen and oxygen atoms in total. The number of piperazine rings is 1. The summed E-state index contributed by atoms with van der Waals surface area (Å²) in [7, 11) is 0. The Hall–Kier alpha value is -2.35. The van der Waals surface area contributed by atoms with Crippen LogP contribution in [0.1, 0.15) is 19.8 Å². The van der Waals surface area contributed by atoms with Crippen LogP contribution in [0.4, 0.5) is 0 Å². The molecular formula is C24H28ClN5OS. The van der Waals surface area contributed by atoms with E-state index in [2.05, 4.69) is 22.0 Å². The number of amides is 1. The zero-order valence-electron chi connectivity index (χ0n) is 18.3. The molecule has 0 aliphatic carbocycles. The van der Waals surface area contributed by atoms with Gasteiger partial charge in [-0.25, -0.2) is 0 Å². The highest BCUT2D eigenvalue weighted by atomic mass is 35.5. The molecule has 0 unspecified atom stereocenters. The number of aromatic nitrogens is 3. The Morgan fingerprint density at radius 2 is 1.72 bits per heavy atom. The summed E-state index contributed by atoms with van der Waals surface area (Å²) in [6, 6.07) is 17.7. The van der Waals surface area contributed by atoms with Crippen molar-refractivity contribution in [3.05, 3.63) is 59.6 Å². The van der Waals surface area contributed by atoms with Crippen molar-refractivity contribution in [1.29, 1.82) is 0 Å². The number of para-hydroxylation sites is 1. The van der Waals surface area contributed by atoms with Crippen LogP contribution in [0.2, 0.25) is 5.02 Å². The van der Waals surface area contributed by atoms with Gasteiger partial charge in [0.1, 0.15) is 0 Å². The third-order valence-electron chi connectivity index (χ3n) is 5.70. The summed E-state index contributed by atoms with van der Waals surface area (Å²) in [5.74, 6) is 1.77. The van der Waals surface area contributed by atoms with Crippen LogP contribution in [0.5, 0.6) is 0 Å². The summed E-state index contributed by atoms with van der Waals surface area (Å²) >= 11 is 8.07. The van der Waals surface area contributed by atoms with E-state index in [0.29, 0.717) is 17.3 Å². The molecule has 1 aliphatic heterocycles. The van der Waals surface area contributed by atoms with E-state index in [1.54, 1.807) is 11.8 Å². The third-order valence-corrected chi connectivity index (χ3v) is 7.05. The molecule has 32 heavy (non-hydrogen) atoms. The predicted molar refractivity (Wildman–Crippen MR) is 130 cm³/mol. The van der Waals surface area contributed by atoms with Crippen LogP contribution in [0.3, 0.4) is 0 Å². The third kappa shape index (κ3) is 5.34. The number of hydrogen-bond acceptors (Lipinski definition) is 5. The molecule has 1 fully saturated rings. The highest BCUT2D eigenvalue weighted by Gasteiger charge is 2.21. The highest BCUT2D eigenvalue weighted by molar-refractivity contribution is 7.99. The van der Waals surface area contributed by atoms with Crippen molar-refractivity contribution in [3.8, 4) is 17.1 Å². The van der Waals surface area contributed by atoms with Crippen molar-refractivity contribution >= 4 is 29.3 Å². The van der Waals surface area contributed by atoms with E-state index in [1.165, 1.54) is 0 Å². The van der Waals surface area contributed by atoms with E-state index in [4.69, 9.17) is 11.6 Å². The van der Waals surface area contributed by atoms with Gasteiger partial charge in [0, 0.05) is 49.6 Å². The first-order valence-electron chi connectivity index (χ1n) is 11.1. The van der Waals surface area contributed by atoms with Crippen LogP contribution < -0.4 is 0 Å². The molecule has 4 rings (SSSR count). The molecule has 8 heteroatoms. The van der Waals surface area contributed by atoms with E-state index in [1.807, 2.05) is 64.1 Å². The lowest BCUT2D eigenvalue weighted by molar-refractivity contribution is -0.132. The normalized spacial score (nSPS) is 14.6. The number of nitrogens with zero attached hydrogens (tertiary/aromatic N) is 5. The minimum Gasteiger partial charge on any atom is -0.340 e. The van der Waals surface area contributed by atoms with Gasteiger partial charge in [-0.15, -0.1) is 10.2 Å². The van der Waals surface area contributed by atoms with E-state index in [-0.39, 0.29) is 5.91 Å². The molecule has 0 bridgehead atoms. The Bertz CT molecular complexity index is 1030. The summed E-state index contributed by atoms with van der Waals surface area (Å²) in [4.78, 5) is 17.0. The molecule has 2 heterocycles. The van der Waals surface area contributed by atoms with Crippen LogP contribution in [0.15, 0.2) is 59.8 Å². The van der Waals surface area contributed by atoms with Gasteiger partial charge in [-0.1, -0.05) is 60.6 Å². The van der Waals surface area contributed by atoms with Gasteiger partial charge in [-0.05, 0) is 37.2 Å². The fourth-order valence-electron chi connectivity index (χ4n) is 3.85. The molecular weight excluding hydrogens is 442 g/mol. The van der Waals surface area contributed by atoms with Crippen LogP contribution >= 0.6 is 23.4 Å². The molecule has 1 amide bonds. The molecule has 2 aromatic carbocycles. The molecule has 1 saturated heterocycles. The number of thioether (sulfide) groups is 1. The fraction of sp³-hybridized carbons (Fsp3) is 0.375. The summed E-state index contributed by atoms with van der Waals surface area (Å²) in [6.45, 7) is 6.84. The number of halogens is 1. The second kappa shape index (κ2) is 11.0. The van der Waals surface area contributed by atoms with E-state index >= 15 is 0 Å². The van der Waals surface area contributed by atoms with Crippen molar-refractivity contribution in [3.63, 3.8) is 0 Å². The number of rotatable bonds is 8. The first-order valence-corrected chi connectivity index (χ1v) is 12.4. The molecule has 0 atom stereocenters. The SMILES string of the molecule is CCN1CCN(C(=O)CCCSc2nnc(-c3ccccc3Cl)n2-c2ccccc2)CC1. The first-order chi connectivity index (χ1) is 15.7. The van der Waals surface area contributed by atoms with Gasteiger partial charge in [0.05, 0.1) is 5.02 Å². The zero-order chi connectivity index (χ0) is 22.3. The largest absolute Gasteiger partial charge is 0.340 e. The van der Waals surface area contributed by atoms with Crippen molar-refractivity contribution < 1.29 is 4.79 Å². The van der Waals surface area contributed by atoms with E-state index in [9.17, 15) is 4.79 Å². The maximum absolute atomic E-state index is 12.6. The Labute approximate surface area is 198 Å². The Balaban J connectivity index is 1.42. The second-order valence-corrected chi connectivity index (χ2v) is 9.19. The summed E-state index contributed by atoms with van der Waals surface area (Å²) in [5.41, 5.74) is 1.83. The van der Waals surface area contributed by atoms with Crippen molar-refractivity contribution in [2.75, 3.05) is 38.5 Å². The van der Waals surface area contributed by atoms with Crippen LogP contribution in [0.25, 0.3) is 17.1 Å². The number of benzene rings is 2. The number of carbonyl (C=O) groups is 1. The molecule has 1 aromatic heterocycles. The lowest BCUT2D eigenvalue weighted by Crippen LogP contribution is -2.48. The van der Waals surface area contributed by atoms with Gasteiger partial charge >= 0.3 is 0 Å². The molecule has 0 radical (unpaired) electrons. The molecule has 1 aliphatic rings. The van der Waals surface area contributed by atoms with Gasteiger partial charge in [-0.2, -0.15) is 0 Å². The van der Waals surface area contributed by atoms with Crippen LogP contribution in [-0.2, 0) is 4.79 Å². The summed E-state index contributed by atoms with van der Waals surface area (Å²) in [5, 5.41) is 10.3. The van der Waals surface area contributed by atoms with E-state index < -0.39 is 0 Å². The maximum atomic E-state index is 12.6. The van der Waals surface area contributed by atoms with Gasteiger partial charge < -0.3 is 9.80 Å². The molecule has 0 N–H and O–H groups in total. The van der Waals surface area contributed by atoms with Crippen molar-refractivity contribution in [1.82, 2.24) is 24.6 Å². The van der Waals surface area contributed by atoms with Crippen LogP contribution in [-0.4, -0.2) is 68.9 Å². The standard InChI is InChI=1S/C24H28ClN5OS/c1-2-28-14-16-29(17-15-28)22(31)13-8-18-32-24-27-26-23(20-11-6-7-12-21(20)25)30(24)19-9-4-3-5-10-19/h3-7,9-12H,2,8,13-18H2,1H3. The molecule has 0 spiro atoms. The topological polar surface area (TPSA) is 54.3 Å². The average molecular weight is 470 g/mol. The second-order valence-electron chi connectivity index (χ2n) is 7.72. The monoisotopic (exact) mass is 469 g/mol. The lowest BCUT2D eigenvalue weighted by Gasteiger charge is -2.34. The van der Waals surface area contributed by atoms with Gasteiger partial charge in [0.15, 0.2) is 11.0 Å². The molecule has 168 valence electrons. The number of hydrogen-bond donors (Lipinski definition) is 0. The van der Waals surface area contributed by atoms with Crippen molar-refractivity contribution in [2.45, 2.75) is 24.9 Å². The Kier molecular flexibility index (Phi) is 7.84. The van der Waals surface area contributed by atoms with E-state index in [0.717, 1.165) is 61.3 Å². The summed E-state index contributed by atoms with van der Waals surface area (Å²) < 4.78 is 2.04. The minimum absolute atomic E-state index is 0.252. The zero-order valence-corrected chi connectivity index (χ0v) is 19.9. The van der Waals surface area contributed by atoms with Gasteiger partial charge in [0.25, 0.3) is 0 Å². The minimum atomic E-state index is 0.252. The number of carbonyl (C=O) groups excluding carboxylic acids is 1. The Morgan fingerprint density at radius 3 is 2.44 bits per heavy atom. The Morgan fingerprint density at radius 1 is 1.00 bits per heavy atom. The predicted octanol–water partition coefficient (Wildman–Crippen LogP) is 4.62. The van der Waals surface area contributed by atoms with Crippen LogP contribution in [0, 0.1) is 0 Å². The molecule has 3 aromatic rings.